The molecular formula is C101H143IO. The molecule has 0 aliphatic rings. The molecule has 0 fully saturated rings. The highest BCUT2D eigenvalue weighted by Crippen LogP contribution is 2.30. The van der Waals surface area contributed by atoms with Gasteiger partial charge in [-0.15, -0.1) is 0 Å². The molecule has 0 saturated heterocycles. The minimum atomic E-state index is -0.129. The maximum absolute atomic E-state index is 9.85. The molecule has 0 atom stereocenters. The summed E-state index contributed by atoms with van der Waals surface area (Å²) in [5.41, 5.74) is 24.2. The Hall–Kier alpha value is -5.41. The summed E-state index contributed by atoms with van der Waals surface area (Å²) in [6.07, 6.45) is 59.1. The first-order chi connectivity index (χ1) is 50.6. The molecule has 0 unspecified atom stereocenters. The summed E-state index contributed by atoms with van der Waals surface area (Å²) in [6.45, 7) is 23.0. The van der Waals surface area contributed by atoms with Gasteiger partial charge in [-0.2, -0.15) is 0 Å². The summed E-state index contributed by atoms with van der Waals surface area (Å²) < 4.78 is 1.41. The quantitative estimate of drug-likeness (QED) is 0.0234. The zero-order chi connectivity index (χ0) is 73.8. The van der Waals surface area contributed by atoms with Crippen molar-refractivity contribution in [1.82, 2.24) is 0 Å². The second-order valence-electron chi connectivity index (χ2n) is 30.3. The van der Waals surface area contributed by atoms with Crippen LogP contribution in [0.15, 0.2) is 60.7 Å². The largest absolute Gasteiger partial charge is 0.384 e. The van der Waals surface area contributed by atoms with Crippen LogP contribution >= 0.6 is 22.6 Å². The number of unbranched alkanes of at least 4 members (excludes halogenated alkanes) is 30. The highest BCUT2D eigenvalue weighted by Gasteiger charge is 2.17. The van der Waals surface area contributed by atoms with Crippen molar-refractivity contribution >= 4 is 22.6 Å². The zero-order valence-corrected chi connectivity index (χ0v) is 69.8. The van der Waals surface area contributed by atoms with E-state index in [0.29, 0.717) is 0 Å². The van der Waals surface area contributed by atoms with Gasteiger partial charge >= 0.3 is 0 Å². The Morgan fingerprint density at radius 1 is 0.194 bits per heavy atom. The van der Waals surface area contributed by atoms with E-state index in [4.69, 9.17) is 0 Å². The lowest BCUT2D eigenvalue weighted by molar-refractivity contribution is 0.350. The van der Waals surface area contributed by atoms with Crippen molar-refractivity contribution in [2.24, 2.45) is 0 Å². The van der Waals surface area contributed by atoms with Gasteiger partial charge in [0.05, 0.1) is 0 Å². The fourth-order valence-corrected chi connectivity index (χ4v) is 15.4. The lowest BCUT2D eigenvalue weighted by Crippen LogP contribution is -2.02. The number of aliphatic hydroxyl groups is 1. The SMILES string of the molecule is CCCCCCc1cc(C#Cc2cc(CCCCCC)c(C#Cc3cc(CCCCCC)c(C#Cc4cc(CCCCCC)c(C#Cc5cc(CCCCCC)c(C#CCO)cc5CCCCCC)cc4CCCCCC)cc3CCCCCC)cc2CCCCCC)c(CCCCCC)cc1I. The molecule has 0 aromatic heterocycles. The van der Waals surface area contributed by atoms with E-state index in [1.54, 1.807) is 0 Å². The minimum Gasteiger partial charge on any atom is -0.384 e. The Morgan fingerprint density at radius 3 is 0.505 bits per heavy atom. The second-order valence-corrected chi connectivity index (χ2v) is 31.5. The van der Waals surface area contributed by atoms with Crippen molar-refractivity contribution in [2.45, 2.75) is 390 Å². The molecule has 1 N–H and O–H groups in total. The maximum atomic E-state index is 9.85. The van der Waals surface area contributed by atoms with Crippen LogP contribution in [0.3, 0.4) is 0 Å². The molecule has 0 bridgehead atoms. The number of benzene rings is 5. The highest BCUT2D eigenvalue weighted by molar-refractivity contribution is 14.1. The van der Waals surface area contributed by atoms with Gasteiger partial charge in [0.1, 0.15) is 6.61 Å². The van der Waals surface area contributed by atoms with E-state index in [1.807, 2.05) is 0 Å². The van der Waals surface area contributed by atoms with Crippen LogP contribution in [0, 0.1) is 62.8 Å². The van der Waals surface area contributed by atoms with Gasteiger partial charge in [-0.3, -0.25) is 0 Å². The third-order valence-electron chi connectivity index (χ3n) is 21.2. The molecule has 103 heavy (non-hydrogen) atoms. The lowest BCUT2D eigenvalue weighted by Gasteiger charge is -2.14. The second kappa shape index (κ2) is 56.0. The van der Waals surface area contributed by atoms with Gasteiger partial charge in [0.25, 0.3) is 0 Å². The monoisotopic (exact) mass is 1500 g/mol. The zero-order valence-electron chi connectivity index (χ0n) is 67.7. The Balaban J connectivity index is 1.77. The van der Waals surface area contributed by atoms with Crippen molar-refractivity contribution in [2.75, 3.05) is 6.61 Å². The van der Waals surface area contributed by atoms with E-state index in [0.717, 1.165) is 114 Å². The topological polar surface area (TPSA) is 20.2 Å². The average Bonchev–Trinajstić information content (AvgIpc) is 0.817. The Morgan fingerprint density at radius 2 is 0.340 bits per heavy atom. The van der Waals surface area contributed by atoms with E-state index in [-0.39, 0.29) is 6.61 Å². The standard InChI is InChI=1S/C101H143IO/c1-11-21-31-41-52-82-73-92(83(53-42-32-22-12-2)72-90(82)62-51-71-103)63-64-93-74-85(55-44-34-24-14-4)94(75-84(93)54-43-33-23-13-3)65-66-95-76-87(57-46-36-26-16-6)96(77-86(95)56-45-35-25-15-5)67-68-97-78-89(59-48-38-28-18-8)98(79-88(97)58-47-37-27-17-7)69-70-99-80-100(61-50-40-30-20-10)101(102)81-91(99)60-49-39-29-19-9/h72-81,103H,11-50,52-61,71H2,1-10H3. The molecule has 5 aromatic carbocycles. The first-order valence-electron chi connectivity index (χ1n) is 43.2. The summed E-state index contributed by atoms with van der Waals surface area (Å²) >= 11 is 2.62. The normalized spacial score (nSPS) is 11.0. The third-order valence-corrected chi connectivity index (χ3v) is 22.2. The van der Waals surface area contributed by atoms with Crippen LogP contribution < -0.4 is 0 Å². The van der Waals surface area contributed by atoms with E-state index in [2.05, 4.69) is 212 Å². The smallest absolute Gasteiger partial charge is 0.104 e. The van der Waals surface area contributed by atoms with Crippen LogP contribution in [-0.4, -0.2) is 11.7 Å². The molecular weight excluding hydrogens is 1360 g/mol. The van der Waals surface area contributed by atoms with Crippen molar-refractivity contribution in [1.29, 1.82) is 0 Å². The number of halogens is 1. The van der Waals surface area contributed by atoms with Crippen LogP contribution in [0.1, 0.15) is 432 Å². The van der Waals surface area contributed by atoms with Gasteiger partial charge in [-0.05, 0) is 267 Å². The summed E-state index contributed by atoms with van der Waals surface area (Å²) in [5, 5.41) is 9.85. The molecule has 0 saturated carbocycles. The van der Waals surface area contributed by atoms with E-state index in [9.17, 15) is 5.11 Å². The summed E-state index contributed by atoms with van der Waals surface area (Å²) in [7, 11) is 0. The average molecular weight is 1500 g/mol. The van der Waals surface area contributed by atoms with E-state index >= 15 is 0 Å². The van der Waals surface area contributed by atoms with Crippen molar-refractivity contribution in [3.63, 3.8) is 0 Å². The van der Waals surface area contributed by atoms with Crippen molar-refractivity contribution in [3.05, 3.63) is 170 Å². The Kier molecular flexibility index (Phi) is 47.9. The molecule has 0 radical (unpaired) electrons. The van der Waals surface area contributed by atoms with Gasteiger partial charge in [0, 0.05) is 53.6 Å². The fraction of sp³-hybridized carbons (Fsp3) is 0.604. The van der Waals surface area contributed by atoms with Crippen molar-refractivity contribution < 1.29 is 5.11 Å². The maximum Gasteiger partial charge on any atom is 0.104 e. The molecule has 2 heteroatoms. The number of hydrogen-bond donors (Lipinski definition) is 1. The number of hydrogen-bond acceptors (Lipinski definition) is 1. The molecule has 0 amide bonds. The lowest BCUT2D eigenvalue weighted by atomic mass is 9.90. The van der Waals surface area contributed by atoms with Crippen LogP contribution in [0.5, 0.6) is 0 Å². The van der Waals surface area contributed by atoms with Crippen LogP contribution in [-0.2, 0) is 64.2 Å². The molecule has 5 aromatic rings. The molecule has 1 nitrogen and oxygen atoms in total. The predicted molar refractivity (Wildman–Crippen MR) is 461 cm³/mol. The predicted octanol–water partition coefficient (Wildman–Crippen LogP) is 28.5. The Bertz CT molecular complexity index is 3540. The van der Waals surface area contributed by atoms with E-state index < -0.39 is 0 Å². The van der Waals surface area contributed by atoms with E-state index in [1.165, 1.54) is 316 Å². The van der Waals surface area contributed by atoms with Crippen LogP contribution in [0.25, 0.3) is 0 Å². The summed E-state index contributed by atoms with van der Waals surface area (Å²) in [4.78, 5) is 0. The molecule has 5 rings (SSSR count). The first kappa shape index (κ1) is 88.2. The van der Waals surface area contributed by atoms with Crippen LogP contribution in [0.4, 0.5) is 0 Å². The van der Waals surface area contributed by atoms with Crippen molar-refractivity contribution in [3.8, 4) is 59.2 Å². The summed E-state index contributed by atoms with van der Waals surface area (Å²) in [5.74, 6) is 38.0. The minimum absolute atomic E-state index is 0.129. The van der Waals surface area contributed by atoms with Gasteiger partial charge < -0.3 is 5.11 Å². The van der Waals surface area contributed by atoms with Gasteiger partial charge in [-0.1, -0.05) is 321 Å². The van der Waals surface area contributed by atoms with Crippen LogP contribution in [0.2, 0.25) is 0 Å². The number of aliphatic hydroxyl groups excluding tert-OH is 1. The Labute approximate surface area is 649 Å². The first-order valence-corrected chi connectivity index (χ1v) is 44.3. The molecule has 560 valence electrons. The molecule has 0 aliphatic heterocycles. The fourth-order valence-electron chi connectivity index (χ4n) is 14.6. The molecule has 0 spiro atoms. The van der Waals surface area contributed by atoms with Gasteiger partial charge in [-0.25, -0.2) is 0 Å². The summed E-state index contributed by atoms with van der Waals surface area (Å²) in [6, 6.07) is 24.7. The highest BCUT2D eigenvalue weighted by atomic mass is 127. The molecule has 0 aliphatic carbocycles. The third kappa shape index (κ3) is 34.4. The van der Waals surface area contributed by atoms with Gasteiger partial charge in [0.15, 0.2) is 0 Å². The number of aryl methyl sites for hydroxylation is 10. The molecule has 0 heterocycles. The number of rotatable bonds is 50. The van der Waals surface area contributed by atoms with Gasteiger partial charge in [0.2, 0.25) is 0 Å².